The van der Waals surface area contributed by atoms with Crippen molar-refractivity contribution >= 4 is 41.7 Å². The number of nitrogens with one attached hydrogen (secondary N) is 2. The minimum atomic E-state index is 0. The molecule has 0 bridgehead atoms. The standard InChI is InChI=1S/C17H25N3S.HI/c1-2-18-17(20-15-9-6-7-10-15)19-13-8-14-21-16-11-4-3-5-12-16;/h3-7,11-12,15H,2,8-10,13-14H2,1H3,(H2,18,19,20);1H. The van der Waals surface area contributed by atoms with Crippen LogP contribution < -0.4 is 10.6 Å². The molecule has 3 nitrogen and oxygen atoms in total. The number of halogens is 1. The van der Waals surface area contributed by atoms with E-state index in [1.807, 2.05) is 11.8 Å². The molecule has 0 saturated heterocycles. The fraction of sp³-hybridized carbons (Fsp3) is 0.471. The molecule has 0 fully saturated rings. The maximum absolute atomic E-state index is 4.66. The number of benzene rings is 1. The van der Waals surface area contributed by atoms with E-state index in [0.29, 0.717) is 6.04 Å². The van der Waals surface area contributed by atoms with Gasteiger partial charge in [0.2, 0.25) is 0 Å². The maximum Gasteiger partial charge on any atom is 0.191 e. The fourth-order valence-corrected chi connectivity index (χ4v) is 3.07. The summed E-state index contributed by atoms with van der Waals surface area (Å²) >= 11 is 1.90. The molecule has 1 aromatic rings. The first-order valence-corrected chi connectivity index (χ1v) is 8.74. The van der Waals surface area contributed by atoms with E-state index in [-0.39, 0.29) is 24.0 Å². The van der Waals surface area contributed by atoms with E-state index in [4.69, 9.17) is 0 Å². The minimum absolute atomic E-state index is 0. The zero-order chi connectivity index (χ0) is 14.8. The Labute approximate surface area is 155 Å². The number of thioether (sulfide) groups is 1. The number of nitrogens with zero attached hydrogens (tertiary/aromatic N) is 1. The van der Waals surface area contributed by atoms with Gasteiger partial charge in [-0.15, -0.1) is 35.7 Å². The second-order valence-electron chi connectivity index (χ2n) is 5.06. The second-order valence-corrected chi connectivity index (χ2v) is 6.23. The van der Waals surface area contributed by atoms with Crippen molar-refractivity contribution < 1.29 is 0 Å². The van der Waals surface area contributed by atoms with E-state index in [2.05, 4.69) is 65.0 Å². The fourth-order valence-electron chi connectivity index (χ4n) is 2.21. The second kappa shape index (κ2) is 11.8. The summed E-state index contributed by atoms with van der Waals surface area (Å²) < 4.78 is 0. The lowest BCUT2D eigenvalue weighted by Gasteiger charge is -2.16. The summed E-state index contributed by atoms with van der Waals surface area (Å²) in [5, 5.41) is 6.82. The third-order valence-corrected chi connectivity index (χ3v) is 4.38. The predicted octanol–water partition coefficient (Wildman–Crippen LogP) is 4.06. The molecule has 0 amide bonds. The normalized spacial score (nSPS) is 14.7. The van der Waals surface area contributed by atoms with E-state index in [1.54, 1.807) is 0 Å². The van der Waals surface area contributed by atoms with Gasteiger partial charge in [0.15, 0.2) is 5.96 Å². The predicted molar refractivity (Wildman–Crippen MR) is 108 cm³/mol. The van der Waals surface area contributed by atoms with Gasteiger partial charge in [0, 0.05) is 24.0 Å². The van der Waals surface area contributed by atoms with Gasteiger partial charge in [-0.2, -0.15) is 0 Å². The lowest BCUT2D eigenvalue weighted by atomic mass is 10.2. The Hall–Kier alpha value is -0.690. The van der Waals surface area contributed by atoms with Crippen molar-refractivity contribution in [1.29, 1.82) is 0 Å². The molecule has 0 aliphatic heterocycles. The van der Waals surface area contributed by atoms with E-state index in [9.17, 15) is 0 Å². The van der Waals surface area contributed by atoms with Crippen LogP contribution in [-0.4, -0.2) is 30.8 Å². The summed E-state index contributed by atoms with van der Waals surface area (Å²) in [4.78, 5) is 6.00. The van der Waals surface area contributed by atoms with Gasteiger partial charge < -0.3 is 10.6 Å². The highest BCUT2D eigenvalue weighted by molar-refractivity contribution is 14.0. The Kier molecular flexibility index (Phi) is 10.4. The van der Waals surface area contributed by atoms with Gasteiger partial charge in [0.05, 0.1) is 0 Å². The molecular weight excluding hydrogens is 405 g/mol. The van der Waals surface area contributed by atoms with E-state index in [1.165, 1.54) is 4.90 Å². The smallest absolute Gasteiger partial charge is 0.191 e. The summed E-state index contributed by atoms with van der Waals surface area (Å²) in [6.07, 6.45) is 7.77. The molecule has 1 aliphatic carbocycles. The Morgan fingerprint density at radius 2 is 1.95 bits per heavy atom. The Balaban J connectivity index is 0.00000242. The summed E-state index contributed by atoms with van der Waals surface area (Å²) in [7, 11) is 0. The number of aliphatic imine (C=N–C) groups is 1. The lowest BCUT2D eigenvalue weighted by Crippen LogP contribution is -2.42. The quantitative estimate of drug-likeness (QED) is 0.171. The molecule has 0 spiro atoms. The van der Waals surface area contributed by atoms with Gasteiger partial charge in [-0.25, -0.2) is 0 Å². The van der Waals surface area contributed by atoms with Crippen molar-refractivity contribution in [2.24, 2.45) is 4.99 Å². The summed E-state index contributed by atoms with van der Waals surface area (Å²) in [6, 6.07) is 11.1. The molecule has 22 heavy (non-hydrogen) atoms. The molecule has 0 radical (unpaired) electrons. The number of hydrogen-bond acceptors (Lipinski definition) is 2. The van der Waals surface area contributed by atoms with Crippen LogP contribution in [0.2, 0.25) is 0 Å². The SMILES string of the molecule is CCNC(=NCCCSc1ccccc1)NC1CC=CC1.I. The maximum atomic E-state index is 4.66. The van der Waals surface area contributed by atoms with Crippen molar-refractivity contribution in [2.75, 3.05) is 18.8 Å². The Bertz CT molecular complexity index is 454. The van der Waals surface area contributed by atoms with Crippen molar-refractivity contribution in [3.63, 3.8) is 0 Å². The van der Waals surface area contributed by atoms with Crippen LogP contribution in [0, 0.1) is 0 Å². The van der Waals surface area contributed by atoms with Crippen LogP contribution in [0.4, 0.5) is 0 Å². The van der Waals surface area contributed by atoms with Crippen LogP contribution in [0.5, 0.6) is 0 Å². The number of hydrogen-bond donors (Lipinski definition) is 2. The van der Waals surface area contributed by atoms with Crippen LogP contribution in [0.1, 0.15) is 26.2 Å². The zero-order valence-electron chi connectivity index (χ0n) is 13.1. The first-order chi connectivity index (χ1) is 10.4. The summed E-state index contributed by atoms with van der Waals surface area (Å²) in [5.41, 5.74) is 0. The number of guanidine groups is 1. The van der Waals surface area contributed by atoms with Crippen molar-refractivity contribution in [1.82, 2.24) is 10.6 Å². The van der Waals surface area contributed by atoms with Crippen LogP contribution in [0.25, 0.3) is 0 Å². The van der Waals surface area contributed by atoms with E-state index in [0.717, 1.165) is 44.1 Å². The van der Waals surface area contributed by atoms with Gasteiger partial charge in [-0.05, 0) is 44.1 Å². The van der Waals surface area contributed by atoms with Gasteiger partial charge >= 0.3 is 0 Å². The third-order valence-electron chi connectivity index (χ3n) is 3.28. The van der Waals surface area contributed by atoms with E-state index >= 15 is 0 Å². The number of rotatable bonds is 7. The Morgan fingerprint density at radius 3 is 2.64 bits per heavy atom. The van der Waals surface area contributed by atoms with Gasteiger partial charge in [-0.3, -0.25) is 4.99 Å². The molecule has 2 rings (SSSR count). The van der Waals surface area contributed by atoms with Crippen LogP contribution in [0.15, 0.2) is 52.4 Å². The first-order valence-electron chi connectivity index (χ1n) is 7.76. The molecule has 5 heteroatoms. The largest absolute Gasteiger partial charge is 0.357 e. The molecule has 122 valence electrons. The van der Waals surface area contributed by atoms with Gasteiger partial charge in [-0.1, -0.05) is 30.4 Å². The molecule has 0 unspecified atom stereocenters. The third kappa shape index (κ3) is 7.54. The van der Waals surface area contributed by atoms with Crippen molar-refractivity contribution in [3.8, 4) is 0 Å². The van der Waals surface area contributed by atoms with Crippen molar-refractivity contribution in [2.45, 2.75) is 37.1 Å². The van der Waals surface area contributed by atoms with Crippen LogP contribution in [-0.2, 0) is 0 Å². The molecule has 1 aliphatic rings. The summed E-state index contributed by atoms with van der Waals surface area (Å²) in [6.45, 7) is 3.88. The molecular formula is C17H26IN3S. The zero-order valence-corrected chi connectivity index (χ0v) is 16.3. The minimum Gasteiger partial charge on any atom is -0.357 e. The highest BCUT2D eigenvalue weighted by atomic mass is 127. The first kappa shape index (κ1) is 19.4. The summed E-state index contributed by atoms with van der Waals surface area (Å²) in [5.74, 6) is 2.06. The van der Waals surface area contributed by atoms with Crippen molar-refractivity contribution in [3.05, 3.63) is 42.5 Å². The molecule has 0 heterocycles. The van der Waals surface area contributed by atoms with E-state index < -0.39 is 0 Å². The van der Waals surface area contributed by atoms with Crippen LogP contribution >= 0.6 is 35.7 Å². The van der Waals surface area contributed by atoms with Crippen LogP contribution in [0.3, 0.4) is 0 Å². The highest BCUT2D eigenvalue weighted by Gasteiger charge is 2.11. The molecule has 1 aromatic carbocycles. The van der Waals surface area contributed by atoms with Gasteiger partial charge in [0.25, 0.3) is 0 Å². The average molecular weight is 431 g/mol. The molecule has 2 N–H and O–H groups in total. The molecule has 0 atom stereocenters. The monoisotopic (exact) mass is 431 g/mol. The average Bonchev–Trinajstić information content (AvgIpc) is 3.01. The lowest BCUT2D eigenvalue weighted by molar-refractivity contribution is 0.633. The topological polar surface area (TPSA) is 36.4 Å². The van der Waals surface area contributed by atoms with Gasteiger partial charge in [0.1, 0.15) is 0 Å². The Morgan fingerprint density at radius 1 is 1.23 bits per heavy atom. The molecule has 0 saturated carbocycles. The highest BCUT2D eigenvalue weighted by Crippen LogP contribution is 2.17. The molecule has 0 aromatic heterocycles.